The van der Waals surface area contributed by atoms with E-state index in [1.165, 1.54) is 16.9 Å². The molecule has 3 aliphatic rings. The molecule has 1 spiro atoms. The number of anilines is 2. The summed E-state index contributed by atoms with van der Waals surface area (Å²) in [4.78, 5) is 11.1. The molecular formula is C18H21F3N6O. The molecule has 1 aliphatic carbocycles. The zero-order chi connectivity index (χ0) is 19.4. The van der Waals surface area contributed by atoms with Crippen molar-refractivity contribution in [3.05, 3.63) is 24.3 Å². The Morgan fingerprint density at radius 3 is 2.43 bits per heavy atom. The molecule has 2 aromatic heterocycles. The average molecular weight is 394 g/mol. The summed E-state index contributed by atoms with van der Waals surface area (Å²) in [6, 6.07) is 2.90. The van der Waals surface area contributed by atoms with E-state index >= 15 is 0 Å². The van der Waals surface area contributed by atoms with Crippen molar-refractivity contribution in [3.63, 3.8) is 0 Å². The van der Waals surface area contributed by atoms with E-state index in [1.54, 1.807) is 6.07 Å². The number of rotatable bonds is 4. The zero-order valence-corrected chi connectivity index (χ0v) is 15.2. The number of ether oxygens (including phenoxy) is 1. The molecule has 0 bridgehead atoms. The van der Waals surface area contributed by atoms with Crippen LogP contribution in [-0.4, -0.2) is 58.0 Å². The molecule has 28 heavy (non-hydrogen) atoms. The van der Waals surface area contributed by atoms with Crippen LogP contribution in [-0.2, 0) is 4.74 Å². The van der Waals surface area contributed by atoms with Crippen molar-refractivity contribution in [1.29, 1.82) is 0 Å². The fourth-order valence-corrected chi connectivity index (χ4v) is 4.06. The Morgan fingerprint density at radius 1 is 1.11 bits per heavy atom. The van der Waals surface area contributed by atoms with Gasteiger partial charge in [-0.25, -0.2) is 13.5 Å². The third kappa shape index (κ3) is 3.30. The Morgan fingerprint density at radius 2 is 1.82 bits per heavy atom. The van der Waals surface area contributed by atoms with E-state index in [0.29, 0.717) is 30.4 Å². The molecule has 5 rings (SSSR count). The highest BCUT2D eigenvalue weighted by Gasteiger charge is 2.49. The van der Waals surface area contributed by atoms with Gasteiger partial charge < -0.3 is 15.0 Å². The molecule has 2 aromatic rings. The van der Waals surface area contributed by atoms with Crippen molar-refractivity contribution in [1.82, 2.24) is 19.7 Å². The fourth-order valence-electron chi connectivity index (χ4n) is 4.06. The molecule has 7 nitrogen and oxygen atoms in total. The van der Waals surface area contributed by atoms with Gasteiger partial charge in [-0.3, -0.25) is 0 Å². The molecule has 2 saturated heterocycles. The molecule has 0 amide bonds. The molecule has 2 aliphatic heterocycles. The SMILES string of the molecule is Fc1ccn(-c2cc(N3CC4(COC4)C3)nc(NC3CCC(F)(F)CC3)n2)n1. The van der Waals surface area contributed by atoms with Gasteiger partial charge in [0.2, 0.25) is 17.8 Å². The number of hydrogen-bond acceptors (Lipinski definition) is 6. The summed E-state index contributed by atoms with van der Waals surface area (Å²) in [5.74, 6) is -1.69. The lowest BCUT2D eigenvalue weighted by Gasteiger charge is -2.55. The highest BCUT2D eigenvalue weighted by molar-refractivity contribution is 5.52. The first-order valence-electron chi connectivity index (χ1n) is 9.48. The second kappa shape index (κ2) is 6.33. The number of halogens is 3. The van der Waals surface area contributed by atoms with Gasteiger partial charge >= 0.3 is 0 Å². The number of hydrogen-bond donors (Lipinski definition) is 1. The maximum atomic E-state index is 13.4. The summed E-state index contributed by atoms with van der Waals surface area (Å²) in [5.41, 5.74) is 0.214. The van der Waals surface area contributed by atoms with E-state index in [9.17, 15) is 13.2 Å². The Kier molecular flexibility index (Phi) is 4.01. The standard InChI is InChI=1S/C18H21F3N6O/c19-13-3-6-27(25-13)15-7-14(26-8-17(9-26)10-28-11-17)23-16(24-15)22-12-1-4-18(20,21)5-2-12/h3,6-7,12H,1-2,4-5,8-11H2,(H,22,23,24). The lowest BCUT2D eigenvalue weighted by molar-refractivity contribution is -0.127. The third-order valence-electron chi connectivity index (χ3n) is 5.73. The van der Waals surface area contributed by atoms with Crippen LogP contribution in [0.25, 0.3) is 5.82 Å². The molecular weight excluding hydrogens is 373 g/mol. The van der Waals surface area contributed by atoms with E-state index in [-0.39, 0.29) is 24.3 Å². The van der Waals surface area contributed by atoms with Gasteiger partial charge in [-0.2, -0.15) is 14.4 Å². The maximum Gasteiger partial charge on any atom is 0.248 e. The van der Waals surface area contributed by atoms with E-state index < -0.39 is 11.9 Å². The van der Waals surface area contributed by atoms with Crippen molar-refractivity contribution in [3.8, 4) is 5.82 Å². The van der Waals surface area contributed by atoms with Crippen molar-refractivity contribution in [2.45, 2.75) is 37.6 Å². The van der Waals surface area contributed by atoms with Crippen molar-refractivity contribution in [2.75, 3.05) is 36.5 Å². The predicted octanol–water partition coefficient (Wildman–Crippen LogP) is 2.63. The van der Waals surface area contributed by atoms with Gasteiger partial charge in [0.05, 0.1) is 18.6 Å². The molecule has 0 radical (unpaired) electrons. The van der Waals surface area contributed by atoms with Crippen LogP contribution in [0.3, 0.4) is 0 Å². The number of nitrogens with one attached hydrogen (secondary N) is 1. The van der Waals surface area contributed by atoms with Crippen LogP contribution >= 0.6 is 0 Å². The molecule has 3 fully saturated rings. The zero-order valence-electron chi connectivity index (χ0n) is 15.2. The largest absolute Gasteiger partial charge is 0.380 e. The van der Waals surface area contributed by atoms with E-state index in [0.717, 1.165) is 26.3 Å². The quantitative estimate of drug-likeness (QED) is 0.860. The minimum atomic E-state index is -2.59. The lowest BCUT2D eigenvalue weighted by Crippen LogP contribution is -2.66. The van der Waals surface area contributed by atoms with Gasteiger partial charge in [-0.05, 0) is 12.8 Å². The topological polar surface area (TPSA) is 68.1 Å². The van der Waals surface area contributed by atoms with Gasteiger partial charge in [0, 0.05) is 50.3 Å². The fraction of sp³-hybridized carbons (Fsp3) is 0.611. The third-order valence-corrected chi connectivity index (χ3v) is 5.73. The van der Waals surface area contributed by atoms with E-state index in [2.05, 4.69) is 25.3 Å². The summed E-state index contributed by atoms with van der Waals surface area (Å²) in [5, 5.41) is 6.97. The Hall–Kier alpha value is -2.36. The van der Waals surface area contributed by atoms with Crippen molar-refractivity contribution >= 4 is 11.8 Å². The number of nitrogens with zero attached hydrogens (tertiary/aromatic N) is 5. The van der Waals surface area contributed by atoms with Crippen LogP contribution in [0.1, 0.15) is 25.7 Å². The van der Waals surface area contributed by atoms with E-state index in [4.69, 9.17) is 4.74 Å². The minimum Gasteiger partial charge on any atom is -0.380 e. The van der Waals surface area contributed by atoms with Gasteiger partial charge in [0.15, 0.2) is 5.82 Å². The first kappa shape index (κ1) is 17.7. The van der Waals surface area contributed by atoms with Crippen molar-refractivity contribution in [2.24, 2.45) is 5.41 Å². The second-order valence-electron chi connectivity index (χ2n) is 8.11. The summed E-state index contributed by atoms with van der Waals surface area (Å²) in [7, 11) is 0. The lowest BCUT2D eigenvalue weighted by atomic mass is 9.78. The van der Waals surface area contributed by atoms with Crippen LogP contribution < -0.4 is 10.2 Å². The summed E-state index contributed by atoms with van der Waals surface area (Å²) >= 11 is 0. The minimum absolute atomic E-state index is 0.111. The predicted molar refractivity (Wildman–Crippen MR) is 95.4 cm³/mol. The summed E-state index contributed by atoms with van der Waals surface area (Å²) in [6.07, 6.45) is 1.92. The van der Waals surface area contributed by atoms with Crippen LogP contribution in [0, 0.1) is 11.4 Å². The highest BCUT2D eigenvalue weighted by Crippen LogP contribution is 2.40. The molecule has 1 N–H and O–H groups in total. The van der Waals surface area contributed by atoms with E-state index in [1.807, 2.05) is 0 Å². The monoisotopic (exact) mass is 394 g/mol. The Bertz CT molecular complexity index is 866. The number of alkyl halides is 2. The molecule has 10 heteroatoms. The molecule has 4 heterocycles. The van der Waals surface area contributed by atoms with Crippen LogP contribution in [0.4, 0.5) is 24.9 Å². The second-order valence-corrected chi connectivity index (χ2v) is 8.11. The average Bonchev–Trinajstić information content (AvgIpc) is 3.01. The summed E-state index contributed by atoms with van der Waals surface area (Å²) in [6.45, 7) is 3.19. The molecule has 150 valence electrons. The normalized spacial score (nSPS) is 23.3. The smallest absolute Gasteiger partial charge is 0.248 e. The molecule has 1 saturated carbocycles. The highest BCUT2D eigenvalue weighted by atomic mass is 19.3. The van der Waals surface area contributed by atoms with Crippen molar-refractivity contribution < 1.29 is 17.9 Å². The van der Waals surface area contributed by atoms with Gasteiger partial charge in [0.25, 0.3) is 0 Å². The maximum absolute atomic E-state index is 13.4. The van der Waals surface area contributed by atoms with Crippen LogP contribution in [0.5, 0.6) is 0 Å². The first-order chi connectivity index (χ1) is 13.4. The van der Waals surface area contributed by atoms with Gasteiger partial charge in [-0.1, -0.05) is 0 Å². The van der Waals surface area contributed by atoms with Crippen LogP contribution in [0.2, 0.25) is 0 Å². The van der Waals surface area contributed by atoms with Gasteiger partial charge in [-0.15, -0.1) is 5.10 Å². The Balaban J connectivity index is 1.38. The summed E-state index contributed by atoms with van der Waals surface area (Å²) < 4.78 is 46.9. The molecule has 0 aromatic carbocycles. The van der Waals surface area contributed by atoms with Crippen LogP contribution in [0.15, 0.2) is 18.3 Å². The first-order valence-corrected chi connectivity index (χ1v) is 9.48. The number of aromatic nitrogens is 4. The van der Waals surface area contributed by atoms with Gasteiger partial charge in [0.1, 0.15) is 5.82 Å². The Labute approximate surface area is 159 Å². The molecule has 0 unspecified atom stereocenters. The molecule has 0 atom stereocenters.